The van der Waals surface area contributed by atoms with Gasteiger partial charge in [-0.1, -0.05) is 23.7 Å². The van der Waals surface area contributed by atoms with Crippen molar-refractivity contribution in [3.63, 3.8) is 0 Å². The Morgan fingerprint density at radius 3 is 2.85 bits per heavy atom. The van der Waals surface area contributed by atoms with Crippen molar-refractivity contribution in [2.24, 2.45) is 0 Å². The smallest absolute Gasteiger partial charge is 0.289 e. The predicted octanol–water partition coefficient (Wildman–Crippen LogP) is 3.90. The van der Waals surface area contributed by atoms with Crippen LogP contribution in [-0.4, -0.2) is 32.2 Å². The topological polar surface area (TPSA) is 71.5 Å². The number of hydrogen-bond donors (Lipinski definition) is 1. The zero-order valence-corrected chi connectivity index (χ0v) is 15.7. The summed E-state index contributed by atoms with van der Waals surface area (Å²) >= 11 is 6.22. The molecule has 0 spiro atoms. The van der Waals surface area contributed by atoms with Gasteiger partial charge < -0.3 is 14.4 Å². The van der Waals surface area contributed by atoms with Gasteiger partial charge in [0, 0.05) is 18.7 Å². The van der Waals surface area contributed by atoms with Gasteiger partial charge >= 0.3 is 0 Å². The Balaban J connectivity index is 1.57. The highest BCUT2D eigenvalue weighted by Gasteiger charge is 2.24. The van der Waals surface area contributed by atoms with Crippen molar-refractivity contribution >= 4 is 17.5 Å². The normalized spacial score (nSPS) is 15.3. The maximum absolute atomic E-state index is 13.0. The van der Waals surface area contributed by atoms with E-state index >= 15 is 0 Å². The van der Waals surface area contributed by atoms with Gasteiger partial charge in [0.05, 0.1) is 29.1 Å². The lowest BCUT2D eigenvalue weighted by Crippen LogP contribution is -2.30. The molecule has 3 heterocycles. The van der Waals surface area contributed by atoms with Crippen molar-refractivity contribution in [1.82, 2.24) is 14.7 Å². The van der Waals surface area contributed by atoms with Crippen molar-refractivity contribution in [2.45, 2.75) is 32.5 Å². The van der Waals surface area contributed by atoms with Gasteiger partial charge in [-0.3, -0.25) is 9.48 Å². The molecule has 1 aliphatic rings. The highest BCUT2D eigenvalue weighted by Crippen LogP contribution is 2.29. The van der Waals surface area contributed by atoms with Gasteiger partial charge in [-0.25, -0.2) is 0 Å². The number of fused-ring (bicyclic) bond motifs is 1. The molecule has 27 heavy (non-hydrogen) atoms. The fourth-order valence-corrected chi connectivity index (χ4v) is 3.51. The Morgan fingerprint density at radius 2 is 2.07 bits per heavy atom. The number of aliphatic hydroxyl groups is 1. The molecule has 7 heteroatoms. The Bertz CT molecular complexity index is 977. The van der Waals surface area contributed by atoms with E-state index in [0.29, 0.717) is 29.6 Å². The van der Waals surface area contributed by atoms with E-state index in [1.807, 2.05) is 28.9 Å². The van der Waals surface area contributed by atoms with E-state index in [9.17, 15) is 9.90 Å². The van der Waals surface area contributed by atoms with E-state index in [1.165, 1.54) is 0 Å². The molecule has 140 valence electrons. The SMILES string of the molecule is CC(O)c1cc2n(n1)CCCN(C(=O)c1ccc(-c3ccccc3Cl)o1)C2. The Labute approximate surface area is 162 Å². The number of benzene rings is 1. The monoisotopic (exact) mass is 385 g/mol. The van der Waals surface area contributed by atoms with E-state index in [1.54, 1.807) is 30.0 Å². The largest absolute Gasteiger partial charge is 0.451 e. The first-order chi connectivity index (χ1) is 13.0. The lowest BCUT2D eigenvalue weighted by molar-refractivity contribution is 0.0714. The van der Waals surface area contributed by atoms with Crippen LogP contribution in [0.5, 0.6) is 0 Å². The first-order valence-electron chi connectivity index (χ1n) is 8.91. The Kier molecular flexibility index (Phi) is 4.76. The first-order valence-corrected chi connectivity index (χ1v) is 9.29. The van der Waals surface area contributed by atoms with E-state index in [0.717, 1.165) is 24.2 Å². The minimum atomic E-state index is -0.628. The summed E-state index contributed by atoms with van der Waals surface area (Å²) in [5.74, 6) is 0.690. The molecular weight excluding hydrogens is 366 g/mol. The first kappa shape index (κ1) is 17.8. The third-order valence-electron chi connectivity index (χ3n) is 4.70. The second-order valence-corrected chi connectivity index (χ2v) is 7.09. The summed E-state index contributed by atoms with van der Waals surface area (Å²) in [6.07, 6.45) is 0.161. The molecular formula is C20H20ClN3O3. The Morgan fingerprint density at radius 1 is 1.26 bits per heavy atom. The van der Waals surface area contributed by atoms with E-state index in [-0.39, 0.29) is 11.7 Å². The zero-order valence-electron chi connectivity index (χ0n) is 14.9. The minimum Gasteiger partial charge on any atom is -0.451 e. The van der Waals surface area contributed by atoms with Crippen molar-refractivity contribution in [3.8, 4) is 11.3 Å². The van der Waals surface area contributed by atoms with Crippen LogP contribution in [0.3, 0.4) is 0 Å². The molecule has 6 nitrogen and oxygen atoms in total. The second-order valence-electron chi connectivity index (χ2n) is 6.68. The van der Waals surface area contributed by atoms with Crippen LogP contribution < -0.4 is 0 Å². The van der Waals surface area contributed by atoms with Gasteiger partial charge in [0.15, 0.2) is 5.76 Å². The standard InChI is InChI=1S/C20H20ClN3O3/c1-13(25)17-11-14-12-23(9-4-10-24(14)22-17)20(26)19-8-7-18(27-19)15-5-2-3-6-16(15)21/h2-3,5-8,11,13,25H,4,9-10,12H2,1H3. The molecule has 0 saturated heterocycles. The number of rotatable bonds is 3. The number of halogens is 1. The summed E-state index contributed by atoms with van der Waals surface area (Å²) in [5, 5.41) is 14.7. The van der Waals surface area contributed by atoms with Crippen LogP contribution in [0.15, 0.2) is 46.9 Å². The summed E-state index contributed by atoms with van der Waals surface area (Å²) in [5.41, 5.74) is 2.29. The van der Waals surface area contributed by atoms with Crippen LogP contribution in [0.2, 0.25) is 5.02 Å². The molecule has 1 atom stereocenters. The van der Waals surface area contributed by atoms with Crippen LogP contribution in [0.25, 0.3) is 11.3 Å². The van der Waals surface area contributed by atoms with Crippen LogP contribution in [-0.2, 0) is 13.1 Å². The lowest BCUT2D eigenvalue weighted by atomic mass is 10.2. The van der Waals surface area contributed by atoms with Crippen LogP contribution in [0.1, 0.15) is 41.4 Å². The molecule has 2 aromatic heterocycles. The number of furan rings is 1. The van der Waals surface area contributed by atoms with E-state index in [2.05, 4.69) is 5.10 Å². The number of nitrogens with zero attached hydrogens (tertiary/aromatic N) is 3. The molecule has 0 saturated carbocycles. The summed E-state index contributed by atoms with van der Waals surface area (Å²) in [7, 11) is 0. The number of hydrogen-bond acceptors (Lipinski definition) is 4. The molecule has 0 radical (unpaired) electrons. The van der Waals surface area contributed by atoms with Gasteiger partial charge in [-0.05, 0) is 43.7 Å². The number of carbonyl (C=O) groups excluding carboxylic acids is 1. The molecule has 1 aromatic carbocycles. The fourth-order valence-electron chi connectivity index (χ4n) is 3.28. The lowest BCUT2D eigenvalue weighted by Gasteiger charge is -2.18. The van der Waals surface area contributed by atoms with Crippen molar-refractivity contribution < 1.29 is 14.3 Å². The highest BCUT2D eigenvalue weighted by atomic mass is 35.5. The summed E-state index contributed by atoms with van der Waals surface area (Å²) < 4.78 is 7.67. The van der Waals surface area contributed by atoms with Crippen LogP contribution in [0.4, 0.5) is 0 Å². The third-order valence-corrected chi connectivity index (χ3v) is 5.03. The maximum Gasteiger partial charge on any atom is 0.289 e. The van der Waals surface area contributed by atoms with Gasteiger partial charge in [-0.15, -0.1) is 0 Å². The second kappa shape index (κ2) is 7.21. The molecule has 1 aliphatic heterocycles. The average molecular weight is 386 g/mol. The van der Waals surface area contributed by atoms with Crippen LogP contribution in [0, 0.1) is 0 Å². The number of carbonyl (C=O) groups is 1. The number of amides is 1. The molecule has 3 aromatic rings. The summed E-state index contributed by atoms with van der Waals surface area (Å²) in [4.78, 5) is 14.7. The predicted molar refractivity (Wildman–Crippen MR) is 101 cm³/mol. The average Bonchev–Trinajstić information content (AvgIpc) is 3.24. The third kappa shape index (κ3) is 3.50. The molecule has 1 unspecified atom stereocenters. The van der Waals surface area contributed by atoms with Crippen molar-refractivity contribution in [2.75, 3.05) is 6.54 Å². The van der Waals surface area contributed by atoms with Gasteiger partial charge in [0.1, 0.15) is 5.76 Å². The molecule has 0 fully saturated rings. The van der Waals surface area contributed by atoms with E-state index in [4.69, 9.17) is 16.0 Å². The van der Waals surface area contributed by atoms with Crippen LogP contribution >= 0.6 is 11.6 Å². The molecule has 1 N–H and O–H groups in total. The molecule has 4 rings (SSSR count). The fraction of sp³-hybridized carbons (Fsp3) is 0.300. The zero-order chi connectivity index (χ0) is 19.0. The minimum absolute atomic E-state index is 0.165. The molecule has 0 aliphatic carbocycles. The molecule has 0 bridgehead atoms. The quantitative estimate of drug-likeness (QED) is 0.742. The summed E-state index contributed by atoms with van der Waals surface area (Å²) in [6, 6.07) is 12.7. The van der Waals surface area contributed by atoms with Gasteiger partial charge in [-0.2, -0.15) is 5.10 Å². The van der Waals surface area contributed by atoms with Gasteiger partial charge in [0.25, 0.3) is 5.91 Å². The Hall–Kier alpha value is -2.57. The van der Waals surface area contributed by atoms with Crippen molar-refractivity contribution in [1.29, 1.82) is 0 Å². The summed E-state index contributed by atoms with van der Waals surface area (Å²) in [6.45, 7) is 3.45. The highest BCUT2D eigenvalue weighted by molar-refractivity contribution is 6.33. The van der Waals surface area contributed by atoms with Crippen molar-refractivity contribution in [3.05, 3.63) is 64.6 Å². The van der Waals surface area contributed by atoms with Gasteiger partial charge in [0.2, 0.25) is 0 Å². The molecule has 1 amide bonds. The number of aryl methyl sites for hydroxylation is 1. The van der Waals surface area contributed by atoms with E-state index < -0.39 is 6.10 Å². The number of aliphatic hydroxyl groups excluding tert-OH is 1. The maximum atomic E-state index is 13.0. The number of aromatic nitrogens is 2.